The highest BCUT2D eigenvalue weighted by molar-refractivity contribution is 7.91. The Hall–Kier alpha value is -1.85. The largest absolute Gasteiger partial charge is 0.302 e. The number of fused-ring (bicyclic) bond motifs is 1. The molecule has 1 aliphatic rings. The Balaban J connectivity index is 1.70. The number of carbonyl (C=O) groups excluding carboxylic acids is 1. The van der Waals surface area contributed by atoms with Crippen LogP contribution >= 0.6 is 22.7 Å². The van der Waals surface area contributed by atoms with Crippen molar-refractivity contribution in [3.05, 3.63) is 40.8 Å². The second-order valence-corrected chi connectivity index (χ2v) is 12.7. The zero-order valence-electron chi connectivity index (χ0n) is 20.2. The van der Waals surface area contributed by atoms with Crippen LogP contribution in [0.25, 0.3) is 10.2 Å². The van der Waals surface area contributed by atoms with Crippen LogP contribution in [-0.2, 0) is 14.8 Å². The molecule has 0 radical (unpaired) electrons. The SMILES string of the molecule is CCN(CC)CCN(C(=O)C1CCCN1S(=O)(=O)c1cccs1)c1nc2cc(C)cc(C)c2s1. The van der Waals surface area contributed by atoms with Crippen molar-refractivity contribution >= 4 is 54.0 Å². The van der Waals surface area contributed by atoms with Gasteiger partial charge in [-0.15, -0.1) is 11.3 Å². The summed E-state index contributed by atoms with van der Waals surface area (Å²) in [4.78, 5) is 22.8. The summed E-state index contributed by atoms with van der Waals surface area (Å²) < 4.78 is 29.3. The maximum Gasteiger partial charge on any atom is 0.253 e. The lowest BCUT2D eigenvalue weighted by Gasteiger charge is -2.29. The summed E-state index contributed by atoms with van der Waals surface area (Å²) in [6.45, 7) is 11.6. The smallest absolute Gasteiger partial charge is 0.253 e. The normalized spacial score (nSPS) is 17.1. The van der Waals surface area contributed by atoms with E-state index in [9.17, 15) is 13.2 Å². The fourth-order valence-electron chi connectivity index (χ4n) is 4.54. The Bertz CT molecular complexity index is 1250. The Morgan fingerprint density at radius 1 is 1.21 bits per heavy atom. The number of hydrogen-bond acceptors (Lipinski definition) is 7. The van der Waals surface area contributed by atoms with E-state index in [0.717, 1.165) is 34.4 Å². The molecule has 1 atom stereocenters. The van der Waals surface area contributed by atoms with E-state index in [-0.39, 0.29) is 10.1 Å². The van der Waals surface area contributed by atoms with E-state index in [1.54, 1.807) is 22.4 Å². The van der Waals surface area contributed by atoms with E-state index in [0.29, 0.717) is 37.6 Å². The van der Waals surface area contributed by atoms with Crippen LogP contribution in [0.1, 0.15) is 37.8 Å². The van der Waals surface area contributed by atoms with Crippen molar-refractivity contribution in [3.8, 4) is 0 Å². The number of aryl methyl sites for hydroxylation is 2. The van der Waals surface area contributed by atoms with Crippen LogP contribution in [0.5, 0.6) is 0 Å². The highest BCUT2D eigenvalue weighted by Crippen LogP contribution is 2.35. The van der Waals surface area contributed by atoms with Crippen LogP contribution in [0.2, 0.25) is 0 Å². The fraction of sp³-hybridized carbons (Fsp3) is 0.500. The second-order valence-electron chi connectivity index (χ2n) is 8.65. The number of sulfonamides is 1. The minimum atomic E-state index is -3.71. The summed E-state index contributed by atoms with van der Waals surface area (Å²) in [6.07, 6.45) is 1.19. The van der Waals surface area contributed by atoms with Gasteiger partial charge in [0.2, 0.25) is 5.91 Å². The number of benzene rings is 1. The topological polar surface area (TPSA) is 73.8 Å². The molecule has 10 heteroatoms. The van der Waals surface area contributed by atoms with Gasteiger partial charge in [-0.3, -0.25) is 9.69 Å². The van der Waals surface area contributed by atoms with Crippen molar-refractivity contribution in [1.82, 2.24) is 14.2 Å². The van der Waals surface area contributed by atoms with Crippen LogP contribution in [0, 0.1) is 13.8 Å². The van der Waals surface area contributed by atoms with Crippen molar-refractivity contribution in [2.24, 2.45) is 0 Å². The monoisotopic (exact) mass is 520 g/mol. The molecule has 3 aromatic rings. The molecule has 1 amide bonds. The molecule has 4 rings (SSSR count). The molecule has 0 spiro atoms. The Morgan fingerprint density at radius 2 is 1.97 bits per heavy atom. The van der Waals surface area contributed by atoms with Gasteiger partial charge in [0.15, 0.2) is 5.13 Å². The third-order valence-corrected chi connectivity index (χ3v) is 10.9. The number of amides is 1. The van der Waals surface area contributed by atoms with Gasteiger partial charge in [-0.05, 0) is 68.4 Å². The molecule has 1 aromatic carbocycles. The van der Waals surface area contributed by atoms with Gasteiger partial charge in [0, 0.05) is 19.6 Å². The number of nitrogens with zero attached hydrogens (tertiary/aromatic N) is 4. The summed E-state index contributed by atoms with van der Waals surface area (Å²) in [5.41, 5.74) is 3.15. The van der Waals surface area contributed by atoms with Gasteiger partial charge in [-0.25, -0.2) is 13.4 Å². The summed E-state index contributed by atoms with van der Waals surface area (Å²) in [6, 6.07) is 6.79. The van der Waals surface area contributed by atoms with Crippen molar-refractivity contribution in [2.75, 3.05) is 37.6 Å². The van der Waals surface area contributed by atoms with Crippen molar-refractivity contribution in [3.63, 3.8) is 0 Å². The van der Waals surface area contributed by atoms with Crippen LogP contribution in [0.3, 0.4) is 0 Å². The van der Waals surface area contributed by atoms with E-state index in [2.05, 4.69) is 31.7 Å². The molecule has 2 aromatic heterocycles. The third kappa shape index (κ3) is 4.92. The van der Waals surface area contributed by atoms with Gasteiger partial charge in [0.25, 0.3) is 10.0 Å². The number of anilines is 1. The first-order chi connectivity index (χ1) is 16.3. The number of aromatic nitrogens is 1. The second kappa shape index (κ2) is 10.4. The Kier molecular flexibility index (Phi) is 7.73. The molecule has 3 heterocycles. The van der Waals surface area contributed by atoms with Gasteiger partial charge in [-0.2, -0.15) is 4.31 Å². The highest BCUT2D eigenvalue weighted by Gasteiger charge is 2.42. The van der Waals surface area contributed by atoms with Crippen LogP contribution in [0.4, 0.5) is 5.13 Å². The average Bonchev–Trinajstić information content (AvgIpc) is 3.57. The summed E-state index contributed by atoms with van der Waals surface area (Å²) in [5.74, 6) is -0.182. The average molecular weight is 521 g/mol. The van der Waals surface area contributed by atoms with E-state index in [1.807, 2.05) is 13.0 Å². The lowest BCUT2D eigenvalue weighted by atomic mass is 10.1. The molecule has 1 aliphatic heterocycles. The molecule has 0 aliphatic carbocycles. The van der Waals surface area contributed by atoms with E-state index in [4.69, 9.17) is 4.98 Å². The molecule has 1 unspecified atom stereocenters. The molecular formula is C24H32N4O3S3. The van der Waals surface area contributed by atoms with Crippen LogP contribution in [-0.4, -0.2) is 67.3 Å². The molecule has 1 saturated heterocycles. The molecule has 34 heavy (non-hydrogen) atoms. The van der Waals surface area contributed by atoms with Crippen molar-refractivity contribution in [2.45, 2.75) is 50.8 Å². The maximum atomic E-state index is 14.0. The summed E-state index contributed by atoms with van der Waals surface area (Å²) >= 11 is 2.70. The molecule has 0 N–H and O–H groups in total. The van der Waals surface area contributed by atoms with E-state index < -0.39 is 16.1 Å². The highest BCUT2D eigenvalue weighted by atomic mass is 32.2. The van der Waals surface area contributed by atoms with Crippen LogP contribution < -0.4 is 4.90 Å². The van der Waals surface area contributed by atoms with Crippen molar-refractivity contribution < 1.29 is 13.2 Å². The Labute approximate surface area is 210 Å². The zero-order chi connectivity index (χ0) is 24.5. The molecule has 184 valence electrons. The first kappa shape index (κ1) is 25.2. The molecule has 0 bridgehead atoms. The van der Waals surface area contributed by atoms with Crippen molar-refractivity contribution in [1.29, 1.82) is 0 Å². The molecule has 0 saturated carbocycles. The minimum absolute atomic E-state index is 0.182. The minimum Gasteiger partial charge on any atom is -0.302 e. The number of thiophene rings is 1. The zero-order valence-corrected chi connectivity index (χ0v) is 22.6. The number of thiazole rings is 1. The lowest BCUT2D eigenvalue weighted by Crippen LogP contribution is -2.49. The predicted octanol–water partition coefficient (Wildman–Crippen LogP) is 4.50. The van der Waals surface area contributed by atoms with Gasteiger partial charge < -0.3 is 4.90 Å². The first-order valence-corrected chi connectivity index (χ1v) is 14.9. The first-order valence-electron chi connectivity index (χ1n) is 11.7. The van der Waals surface area contributed by atoms with Gasteiger partial charge in [-0.1, -0.05) is 37.3 Å². The number of likely N-dealkylation sites (N-methyl/N-ethyl adjacent to an activating group) is 1. The molecule has 7 nitrogen and oxygen atoms in total. The van der Waals surface area contributed by atoms with Gasteiger partial charge >= 0.3 is 0 Å². The number of carbonyl (C=O) groups is 1. The predicted molar refractivity (Wildman–Crippen MR) is 140 cm³/mol. The fourth-order valence-corrected chi connectivity index (χ4v) is 8.36. The number of hydrogen-bond donors (Lipinski definition) is 0. The third-order valence-electron chi connectivity index (χ3n) is 6.39. The lowest BCUT2D eigenvalue weighted by molar-refractivity contribution is -0.121. The standard InChI is InChI=1S/C24H32N4O3S3/c1-5-26(6-2)12-13-27(24-25-19-16-17(3)15-18(4)22(19)33-24)23(29)20-9-7-11-28(20)34(30,31)21-10-8-14-32-21/h8,10,14-16,20H,5-7,9,11-13H2,1-4H3. The molecular weight excluding hydrogens is 488 g/mol. The van der Waals surface area contributed by atoms with E-state index in [1.165, 1.54) is 27.0 Å². The number of rotatable bonds is 9. The van der Waals surface area contributed by atoms with E-state index >= 15 is 0 Å². The van der Waals surface area contributed by atoms with Gasteiger partial charge in [0.1, 0.15) is 10.3 Å². The van der Waals surface area contributed by atoms with Gasteiger partial charge in [0.05, 0.1) is 10.2 Å². The summed E-state index contributed by atoms with van der Waals surface area (Å²) in [7, 11) is -3.71. The summed E-state index contributed by atoms with van der Waals surface area (Å²) in [5, 5.41) is 2.39. The quantitative estimate of drug-likeness (QED) is 0.415. The van der Waals surface area contributed by atoms with Crippen LogP contribution in [0.15, 0.2) is 33.9 Å². The maximum absolute atomic E-state index is 14.0. The Morgan fingerprint density at radius 3 is 2.65 bits per heavy atom. The molecule has 1 fully saturated rings.